The largest absolute Gasteiger partial charge is 0.444 e. The van der Waals surface area contributed by atoms with Gasteiger partial charge in [0.1, 0.15) is 5.60 Å². The van der Waals surface area contributed by atoms with Gasteiger partial charge in [-0.3, -0.25) is 0 Å². The van der Waals surface area contributed by atoms with E-state index in [9.17, 15) is 4.79 Å². The molecule has 1 fully saturated rings. The topological polar surface area (TPSA) is 41.6 Å². The molecule has 4 nitrogen and oxygen atoms in total. The highest BCUT2D eigenvalue weighted by atomic mass is 16.6. The van der Waals surface area contributed by atoms with Crippen molar-refractivity contribution in [1.29, 1.82) is 0 Å². The second-order valence-corrected chi connectivity index (χ2v) is 7.30. The summed E-state index contributed by atoms with van der Waals surface area (Å²) in [6, 6.07) is 0.894. The molecule has 1 aliphatic rings. The quantitative estimate of drug-likeness (QED) is 0.839. The van der Waals surface area contributed by atoms with Crippen molar-refractivity contribution in [3.8, 4) is 0 Å². The van der Waals surface area contributed by atoms with Crippen LogP contribution in [0.2, 0.25) is 0 Å². The molecule has 2 atom stereocenters. The number of ether oxygens (including phenoxy) is 1. The first-order valence-corrected chi connectivity index (χ1v) is 8.50. The Hall–Kier alpha value is -0.770. The molecule has 0 aliphatic carbocycles. The molecule has 1 heterocycles. The number of hydrogen-bond donors (Lipinski definition) is 1. The van der Waals surface area contributed by atoms with Crippen LogP contribution < -0.4 is 5.32 Å². The summed E-state index contributed by atoms with van der Waals surface area (Å²) in [5.41, 5.74) is -0.416. The molecule has 1 aliphatic heterocycles. The molecule has 1 saturated heterocycles. The maximum Gasteiger partial charge on any atom is 0.410 e. The first-order chi connectivity index (χ1) is 9.76. The van der Waals surface area contributed by atoms with Gasteiger partial charge in [-0.1, -0.05) is 26.7 Å². The molecule has 21 heavy (non-hydrogen) atoms. The van der Waals surface area contributed by atoms with Gasteiger partial charge >= 0.3 is 6.09 Å². The Morgan fingerprint density at radius 1 is 1.33 bits per heavy atom. The number of nitrogens with one attached hydrogen (secondary N) is 1. The third kappa shape index (κ3) is 6.25. The molecule has 0 aromatic rings. The Morgan fingerprint density at radius 3 is 2.48 bits per heavy atom. The SMILES string of the molecule is CCC(CC)C(C)NC1CCCN(C(=O)OC(C)(C)C)C1. The van der Waals surface area contributed by atoms with Crippen molar-refractivity contribution in [2.24, 2.45) is 5.92 Å². The molecule has 0 radical (unpaired) electrons. The van der Waals surface area contributed by atoms with E-state index in [1.165, 1.54) is 12.8 Å². The number of carbonyl (C=O) groups is 1. The predicted octanol–water partition coefficient (Wildman–Crippen LogP) is 3.80. The molecular formula is C17H34N2O2. The highest BCUT2D eigenvalue weighted by Gasteiger charge is 2.28. The molecule has 0 spiro atoms. The number of nitrogens with zero attached hydrogens (tertiary/aromatic N) is 1. The molecule has 0 saturated carbocycles. The van der Waals surface area contributed by atoms with Gasteiger partial charge in [0.2, 0.25) is 0 Å². The van der Waals surface area contributed by atoms with Crippen molar-refractivity contribution in [2.75, 3.05) is 13.1 Å². The van der Waals surface area contributed by atoms with Crippen molar-refractivity contribution >= 4 is 6.09 Å². The van der Waals surface area contributed by atoms with Gasteiger partial charge in [0.25, 0.3) is 0 Å². The van der Waals surface area contributed by atoms with E-state index in [-0.39, 0.29) is 6.09 Å². The van der Waals surface area contributed by atoms with Gasteiger partial charge in [0, 0.05) is 25.2 Å². The van der Waals surface area contributed by atoms with Gasteiger partial charge in [0.05, 0.1) is 0 Å². The first-order valence-electron chi connectivity index (χ1n) is 8.50. The number of piperidine rings is 1. The van der Waals surface area contributed by atoms with Crippen molar-refractivity contribution in [3.63, 3.8) is 0 Å². The van der Waals surface area contributed by atoms with E-state index in [0.717, 1.165) is 25.9 Å². The van der Waals surface area contributed by atoms with Gasteiger partial charge in [-0.05, 0) is 46.5 Å². The second-order valence-electron chi connectivity index (χ2n) is 7.30. The lowest BCUT2D eigenvalue weighted by molar-refractivity contribution is 0.0180. The van der Waals surface area contributed by atoms with Crippen LogP contribution in [-0.4, -0.2) is 41.8 Å². The van der Waals surface area contributed by atoms with Crippen LogP contribution >= 0.6 is 0 Å². The molecule has 2 unspecified atom stereocenters. The van der Waals surface area contributed by atoms with Gasteiger partial charge < -0.3 is 15.0 Å². The molecule has 0 bridgehead atoms. The fourth-order valence-electron chi connectivity index (χ4n) is 3.11. The lowest BCUT2D eigenvalue weighted by Crippen LogP contribution is -2.52. The normalized spacial score (nSPS) is 21.5. The van der Waals surface area contributed by atoms with Gasteiger partial charge in [0.15, 0.2) is 0 Å². The monoisotopic (exact) mass is 298 g/mol. The maximum absolute atomic E-state index is 12.2. The summed E-state index contributed by atoms with van der Waals surface area (Å²) in [7, 11) is 0. The smallest absolute Gasteiger partial charge is 0.410 e. The standard InChI is InChI=1S/C17H34N2O2/c1-7-14(8-2)13(3)18-15-10-9-11-19(12-15)16(20)21-17(4,5)6/h13-15,18H,7-12H2,1-6H3. The third-order valence-corrected chi connectivity index (χ3v) is 4.33. The molecule has 1 amide bonds. The van der Waals surface area contributed by atoms with Crippen LogP contribution in [0.1, 0.15) is 67.2 Å². The van der Waals surface area contributed by atoms with Crippen molar-refractivity contribution in [3.05, 3.63) is 0 Å². The second kappa shape index (κ2) is 8.02. The van der Waals surface area contributed by atoms with Crippen molar-refractivity contribution < 1.29 is 9.53 Å². The van der Waals surface area contributed by atoms with Crippen LogP contribution in [0.3, 0.4) is 0 Å². The zero-order chi connectivity index (χ0) is 16.0. The van der Waals surface area contributed by atoms with E-state index in [0.29, 0.717) is 18.0 Å². The first kappa shape index (κ1) is 18.3. The van der Waals surface area contributed by atoms with Crippen molar-refractivity contribution in [1.82, 2.24) is 10.2 Å². The Labute approximate surface area is 130 Å². The van der Waals surface area contributed by atoms with E-state index in [1.54, 1.807) is 0 Å². The minimum atomic E-state index is -0.416. The Bertz CT molecular complexity index is 321. The molecular weight excluding hydrogens is 264 g/mol. The number of carbonyl (C=O) groups excluding carboxylic acids is 1. The highest BCUT2D eigenvalue weighted by Crippen LogP contribution is 2.18. The van der Waals surface area contributed by atoms with Gasteiger partial charge in [-0.2, -0.15) is 0 Å². The van der Waals surface area contributed by atoms with Gasteiger partial charge in [-0.25, -0.2) is 4.79 Å². The third-order valence-electron chi connectivity index (χ3n) is 4.33. The average Bonchev–Trinajstić information content (AvgIpc) is 2.38. The lowest BCUT2D eigenvalue weighted by atomic mass is 9.94. The molecule has 0 aromatic carbocycles. The molecule has 1 rings (SSSR count). The van der Waals surface area contributed by atoms with Crippen molar-refractivity contribution in [2.45, 2.75) is 84.9 Å². The Morgan fingerprint density at radius 2 is 1.95 bits per heavy atom. The Kier molecular flexibility index (Phi) is 6.98. The minimum Gasteiger partial charge on any atom is -0.444 e. The summed E-state index contributed by atoms with van der Waals surface area (Å²) < 4.78 is 5.48. The van der Waals surface area contributed by atoms with E-state index >= 15 is 0 Å². The summed E-state index contributed by atoms with van der Waals surface area (Å²) in [5, 5.41) is 3.72. The van der Waals surface area contributed by atoms with E-state index < -0.39 is 5.60 Å². The van der Waals surface area contributed by atoms with Crippen LogP contribution in [0.25, 0.3) is 0 Å². The zero-order valence-corrected chi connectivity index (χ0v) is 14.7. The predicted molar refractivity (Wildman–Crippen MR) is 87.5 cm³/mol. The number of rotatable bonds is 5. The average molecular weight is 298 g/mol. The van der Waals surface area contributed by atoms with Gasteiger partial charge in [-0.15, -0.1) is 0 Å². The maximum atomic E-state index is 12.2. The summed E-state index contributed by atoms with van der Waals surface area (Å²) in [6.45, 7) is 14.1. The van der Waals surface area contributed by atoms with Crippen LogP contribution in [0, 0.1) is 5.92 Å². The highest BCUT2D eigenvalue weighted by molar-refractivity contribution is 5.68. The lowest BCUT2D eigenvalue weighted by Gasteiger charge is -2.37. The number of likely N-dealkylation sites (tertiary alicyclic amines) is 1. The molecule has 4 heteroatoms. The fourth-order valence-corrected chi connectivity index (χ4v) is 3.11. The van der Waals surface area contributed by atoms with E-state index in [1.807, 2.05) is 25.7 Å². The van der Waals surface area contributed by atoms with E-state index in [4.69, 9.17) is 4.74 Å². The number of hydrogen-bond acceptors (Lipinski definition) is 3. The summed E-state index contributed by atoms with van der Waals surface area (Å²) >= 11 is 0. The van der Waals surface area contributed by atoms with Crippen LogP contribution in [-0.2, 0) is 4.74 Å². The van der Waals surface area contributed by atoms with Crippen LogP contribution in [0.15, 0.2) is 0 Å². The van der Waals surface area contributed by atoms with E-state index in [2.05, 4.69) is 26.1 Å². The van der Waals surface area contributed by atoms with Crippen LogP contribution in [0.5, 0.6) is 0 Å². The number of amides is 1. The summed E-state index contributed by atoms with van der Waals surface area (Å²) in [4.78, 5) is 14.0. The summed E-state index contributed by atoms with van der Waals surface area (Å²) in [6.07, 6.45) is 4.42. The molecule has 124 valence electrons. The fraction of sp³-hybridized carbons (Fsp3) is 0.941. The summed E-state index contributed by atoms with van der Waals surface area (Å²) in [5.74, 6) is 0.710. The molecule has 0 aromatic heterocycles. The minimum absolute atomic E-state index is 0.177. The van der Waals surface area contributed by atoms with Crippen LogP contribution in [0.4, 0.5) is 4.79 Å². The molecule has 1 N–H and O–H groups in total. The Balaban J connectivity index is 2.50. The zero-order valence-electron chi connectivity index (χ0n) is 14.7.